The van der Waals surface area contributed by atoms with Crippen LogP contribution in [0.15, 0.2) is 29.6 Å². The van der Waals surface area contributed by atoms with E-state index in [9.17, 15) is 4.79 Å². The number of rotatable bonds is 3. The fourth-order valence-electron chi connectivity index (χ4n) is 3.02. The van der Waals surface area contributed by atoms with Crippen molar-refractivity contribution >= 4 is 44.7 Å². The number of piperazine rings is 1. The van der Waals surface area contributed by atoms with E-state index in [2.05, 4.69) is 32.5 Å². The van der Waals surface area contributed by atoms with Crippen molar-refractivity contribution in [2.45, 2.75) is 13.3 Å². The Morgan fingerprint density at radius 3 is 2.75 bits per heavy atom. The van der Waals surface area contributed by atoms with Gasteiger partial charge in [0, 0.05) is 36.9 Å². The molecule has 1 aromatic carbocycles. The van der Waals surface area contributed by atoms with E-state index in [1.807, 2.05) is 23.3 Å². The molecule has 1 amide bonds. The molecule has 3 heterocycles. The molecule has 0 saturated carbocycles. The molecule has 0 spiro atoms. The number of anilines is 1. The Hall–Kier alpha value is -1.99. The highest BCUT2D eigenvalue weighted by atomic mass is 32.1. The monoisotopic (exact) mass is 358 g/mol. The Balaban J connectivity index is 1.40. The van der Waals surface area contributed by atoms with Gasteiger partial charge in [0.05, 0.1) is 21.8 Å². The van der Waals surface area contributed by atoms with Gasteiger partial charge >= 0.3 is 0 Å². The Bertz CT molecular complexity index is 864. The highest BCUT2D eigenvalue weighted by Crippen LogP contribution is 2.29. The van der Waals surface area contributed by atoms with Crippen LogP contribution in [0.1, 0.15) is 10.7 Å². The molecule has 7 heteroatoms. The number of benzene rings is 1. The minimum Gasteiger partial charge on any atom is -0.352 e. The summed E-state index contributed by atoms with van der Waals surface area (Å²) in [4.78, 5) is 21.1. The number of thiazole rings is 1. The Morgan fingerprint density at radius 2 is 2.00 bits per heavy atom. The fraction of sp³-hybridized carbons (Fsp3) is 0.353. The van der Waals surface area contributed by atoms with Crippen molar-refractivity contribution in [2.75, 3.05) is 31.1 Å². The van der Waals surface area contributed by atoms with Gasteiger partial charge in [-0.3, -0.25) is 4.79 Å². The van der Waals surface area contributed by atoms with Crippen molar-refractivity contribution in [3.8, 4) is 0 Å². The molecule has 24 heavy (non-hydrogen) atoms. The van der Waals surface area contributed by atoms with Crippen molar-refractivity contribution in [1.82, 2.24) is 14.3 Å². The molecule has 0 bridgehead atoms. The lowest BCUT2D eigenvalue weighted by Crippen LogP contribution is -2.49. The lowest BCUT2D eigenvalue weighted by Gasteiger charge is -2.35. The van der Waals surface area contributed by atoms with Gasteiger partial charge in [0.25, 0.3) is 0 Å². The van der Waals surface area contributed by atoms with Crippen LogP contribution < -0.4 is 4.90 Å². The van der Waals surface area contributed by atoms with Crippen LogP contribution in [0.5, 0.6) is 0 Å². The van der Waals surface area contributed by atoms with Gasteiger partial charge in [0.2, 0.25) is 5.91 Å². The number of hydrogen-bond donors (Lipinski definition) is 0. The Labute approximate surface area is 148 Å². The maximum atomic E-state index is 12.4. The summed E-state index contributed by atoms with van der Waals surface area (Å²) >= 11 is 3.14. The summed E-state index contributed by atoms with van der Waals surface area (Å²) in [6.07, 6.45) is 0.407. The SMILES string of the molecule is Cc1nc(CC(=O)N2CCN(c3nsc4ccccc34)CC2)cs1. The van der Waals surface area contributed by atoms with E-state index in [1.165, 1.54) is 21.6 Å². The van der Waals surface area contributed by atoms with E-state index in [1.54, 1.807) is 11.3 Å². The molecule has 3 aromatic rings. The van der Waals surface area contributed by atoms with Gasteiger partial charge in [-0.2, -0.15) is 4.37 Å². The van der Waals surface area contributed by atoms with Crippen molar-refractivity contribution < 1.29 is 4.79 Å². The molecule has 1 aliphatic heterocycles. The molecule has 5 nitrogen and oxygen atoms in total. The van der Waals surface area contributed by atoms with E-state index in [4.69, 9.17) is 0 Å². The number of carbonyl (C=O) groups is 1. The molecule has 1 aliphatic rings. The molecule has 124 valence electrons. The first-order chi connectivity index (χ1) is 11.7. The zero-order chi connectivity index (χ0) is 16.5. The molecular formula is C17H18N4OS2. The number of fused-ring (bicyclic) bond motifs is 1. The van der Waals surface area contributed by atoms with Crippen LogP contribution in [-0.4, -0.2) is 46.3 Å². The van der Waals surface area contributed by atoms with Crippen LogP contribution in [-0.2, 0) is 11.2 Å². The molecule has 0 N–H and O–H groups in total. The molecular weight excluding hydrogens is 340 g/mol. The summed E-state index contributed by atoms with van der Waals surface area (Å²) < 4.78 is 5.83. The first-order valence-corrected chi connectivity index (χ1v) is 9.64. The molecule has 0 radical (unpaired) electrons. The molecule has 0 unspecified atom stereocenters. The van der Waals surface area contributed by atoms with E-state index < -0.39 is 0 Å². The highest BCUT2D eigenvalue weighted by molar-refractivity contribution is 7.13. The lowest BCUT2D eigenvalue weighted by atomic mass is 10.2. The van der Waals surface area contributed by atoms with Crippen LogP contribution in [0.3, 0.4) is 0 Å². The second-order valence-electron chi connectivity index (χ2n) is 5.90. The van der Waals surface area contributed by atoms with Crippen molar-refractivity contribution in [3.05, 3.63) is 40.3 Å². The second-order valence-corrected chi connectivity index (χ2v) is 7.77. The average molecular weight is 358 g/mol. The number of hydrogen-bond acceptors (Lipinski definition) is 6. The molecule has 0 atom stereocenters. The summed E-state index contributed by atoms with van der Waals surface area (Å²) in [6, 6.07) is 8.32. The van der Waals surface area contributed by atoms with Crippen LogP contribution in [0.4, 0.5) is 5.82 Å². The third-order valence-corrected chi connectivity index (χ3v) is 5.93. The van der Waals surface area contributed by atoms with E-state index in [0.29, 0.717) is 6.42 Å². The summed E-state index contributed by atoms with van der Waals surface area (Å²) in [5.41, 5.74) is 0.885. The van der Waals surface area contributed by atoms with Crippen LogP contribution in [0.25, 0.3) is 10.1 Å². The third kappa shape index (κ3) is 3.01. The summed E-state index contributed by atoms with van der Waals surface area (Å²) in [6.45, 7) is 5.11. The zero-order valence-electron chi connectivity index (χ0n) is 13.4. The largest absolute Gasteiger partial charge is 0.352 e. The van der Waals surface area contributed by atoms with Crippen molar-refractivity contribution in [2.24, 2.45) is 0 Å². The number of aromatic nitrogens is 2. The molecule has 4 rings (SSSR count). The molecule has 1 fully saturated rings. The van der Waals surface area contributed by atoms with Gasteiger partial charge in [-0.15, -0.1) is 11.3 Å². The van der Waals surface area contributed by atoms with Gasteiger partial charge in [-0.25, -0.2) is 4.98 Å². The minimum absolute atomic E-state index is 0.170. The fourth-order valence-corrected chi connectivity index (χ4v) is 4.43. The predicted molar refractivity (Wildman–Crippen MR) is 99.0 cm³/mol. The quantitative estimate of drug-likeness (QED) is 0.722. The lowest BCUT2D eigenvalue weighted by molar-refractivity contribution is -0.130. The first kappa shape index (κ1) is 15.5. The zero-order valence-corrected chi connectivity index (χ0v) is 15.1. The number of aryl methyl sites for hydroxylation is 1. The Kier molecular flexibility index (Phi) is 4.20. The minimum atomic E-state index is 0.170. The van der Waals surface area contributed by atoms with Gasteiger partial charge < -0.3 is 9.80 Å². The second kappa shape index (κ2) is 6.49. The van der Waals surface area contributed by atoms with Gasteiger partial charge in [0.15, 0.2) is 0 Å². The van der Waals surface area contributed by atoms with E-state index in [-0.39, 0.29) is 5.91 Å². The van der Waals surface area contributed by atoms with Gasteiger partial charge in [0.1, 0.15) is 5.82 Å². The average Bonchev–Trinajstić information content (AvgIpc) is 3.21. The third-order valence-electron chi connectivity index (χ3n) is 4.29. The molecule has 1 saturated heterocycles. The smallest absolute Gasteiger partial charge is 0.228 e. The topological polar surface area (TPSA) is 49.3 Å². The van der Waals surface area contributed by atoms with Crippen LogP contribution in [0, 0.1) is 6.92 Å². The van der Waals surface area contributed by atoms with E-state index in [0.717, 1.165) is 42.7 Å². The van der Waals surface area contributed by atoms with E-state index >= 15 is 0 Å². The van der Waals surface area contributed by atoms with Gasteiger partial charge in [-0.05, 0) is 30.6 Å². The maximum absolute atomic E-state index is 12.4. The normalized spacial score (nSPS) is 15.2. The molecule has 0 aliphatic carbocycles. The summed E-state index contributed by atoms with van der Waals surface area (Å²) in [5.74, 6) is 1.22. The van der Waals surface area contributed by atoms with Crippen molar-refractivity contribution in [3.63, 3.8) is 0 Å². The number of carbonyl (C=O) groups excluding carboxylic acids is 1. The number of amides is 1. The predicted octanol–water partition coefficient (Wildman–Crippen LogP) is 2.95. The first-order valence-electron chi connectivity index (χ1n) is 7.99. The summed E-state index contributed by atoms with van der Waals surface area (Å²) in [7, 11) is 0. The standard InChI is InChI=1S/C17H18N4OS2/c1-12-18-13(11-23-12)10-16(22)20-6-8-21(9-7-20)17-14-4-2-3-5-15(14)24-19-17/h2-5,11H,6-10H2,1H3. The Morgan fingerprint density at radius 1 is 1.21 bits per heavy atom. The van der Waals surface area contributed by atoms with Crippen LogP contribution >= 0.6 is 22.9 Å². The van der Waals surface area contributed by atoms with Gasteiger partial charge in [-0.1, -0.05) is 12.1 Å². The van der Waals surface area contributed by atoms with Crippen molar-refractivity contribution in [1.29, 1.82) is 0 Å². The van der Waals surface area contributed by atoms with Crippen LogP contribution in [0.2, 0.25) is 0 Å². The maximum Gasteiger partial charge on any atom is 0.228 e. The summed E-state index contributed by atoms with van der Waals surface area (Å²) in [5, 5.41) is 4.20. The molecule has 2 aromatic heterocycles. The number of nitrogens with zero attached hydrogens (tertiary/aromatic N) is 4. The highest BCUT2D eigenvalue weighted by Gasteiger charge is 2.24.